The van der Waals surface area contributed by atoms with Crippen LogP contribution >= 0.6 is 15.9 Å². The minimum atomic E-state index is 0.122. The molecule has 1 aliphatic rings. The second-order valence-electron chi connectivity index (χ2n) is 6.25. The Morgan fingerprint density at radius 2 is 2.16 bits per heavy atom. The van der Waals surface area contributed by atoms with Gasteiger partial charge >= 0.3 is 0 Å². The first-order valence-corrected chi connectivity index (χ1v) is 7.99. The normalized spacial score (nSPS) is 22.5. The second-order valence-corrected chi connectivity index (χ2v) is 6.81. The fourth-order valence-electron chi connectivity index (χ4n) is 2.90. The maximum absolute atomic E-state index is 12.2. The molecular weight excluding hydrogens is 306 g/mol. The summed E-state index contributed by atoms with van der Waals surface area (Å²) in [7, 11) is 1.67. The number of alkyl halides is 1. The zero-order chi connectivity index (χ0) is 14.6. The van der Waals surface area contributed by atoms with E-state index in [0.29, 0.717) is 24.4 Å². The molecule has 0 radical (unpaired) electrons. The first kappa shape index (κ1) is 16.7. The van der Waals surface area contributed by atoms with Gasteiger partial charge in [0, 0.05) is 19.4 Å². The summed E-state index contributed by atoms with van der Waals surface area (Å²) in [5, 5.41) is 0.363. The van der Waals surface area contributed by atoms with Crippen LogP contribution in [-0.4, -0.2) is 36.4 Å². The van der Waals surface area contributed by atoms with Crippen LogP contribution in [0.3, 0.4) is 0 Å². The Morgan fingerprint density at radius 3 is 2.68 bits per heavy atom. The van der Waals surface area contributed by atoms with Crippen LogP contribution in [0, 0.1) is 11.3 Å². The molecule has 1 unspecified atom stereocenters. The van der Waals surface area contributed by atoms with Gasteiger partial charge in [-0.3, -0.25) is 4.79 Å². The molecule has 110 valence electrons. The first-order valence-electron chi connectivity index (χ1n) is 6.87. The molecule has 0 fully saturated rings. The molecule has 1 rings (SSSR count). The highest BCUT2D eigenvalue weighted by Crippen LogP contribution is 2.42. The van der Waals surface area contributed by atoms with Crippen LogP contribution in [0.25, 0.3) is 0 Å². The summed E-state index contributed by atoms with van der Waals surface area (Å²) in [6.45, 7) is 10.2. The van der Waals surface area contributed by atoms with Gasteiger partial charge in [0.2, 0.25) is 5.91 Å². The molecule has 0 heterocycles. The molecule has 1 atom stereocenters. The van der Waals surface area contributed by atoms with E-state index in [9.17, 15) is 4.79 Å². The summed E-state index contributed by atoms with van der Waals surface area (Å²) in [5.41, 5.74) is 2.81. The minimum Gasteiger partial charge on any atom is -0.383 e. The van der Waals surface area contributed by atoms with E-state index >= 15 is 0 Å². The number of nitrogens with zero attached hydrogens (tertiary/aromatic N) is 1. The molecule has 0 aliphatic heterocycles. The van der Waals surface area contributed by atoms with E-state index in [4.69, 9.17) is 4.74 Å². The molecule has 0 aromatic rings. The van der Waals surface area contributed by atoms with Crippen LogP contribution < -0.4 is 0 Å². The van der Waals surface area contributed by atoms with E-state index < -0.39 is 0 Å². The lowest BCUT2D eigenvalue weighted by molar-refractivity contribution is -0.127. The average Bonchev–Trinajstić information content (AvgIpc) is 2.34. The van der Waals surface area contributed by atoms with Crippen molar-refractivity contribution in [3.05, 3.63) is 11.3 Å². The molecule has 0 saturated heterocycles. The highest BCUT2D eigenvalue weighted by molar-refractivity contribution is 9.09. The third kappa shape index (κ3) is 4.32. The largest absolute Gasteiger partial charge is 0.383 e. The van der Waals surface area contributed by atoms with Crippen LogP contribution in [-0.2, 0) is 9.53 Å². The van der Waals surface area contributed by atoms with Crippen molar-refractivity contribution in [2.45, 2.75) is 40.5 Å². The molecule has 4 heteroatoms. The molecule has 1 aliphatic carbocycles. The van der Waals surface area contributed by atoms with E-state index in [0.717, 1.165) is 6.42 Å². The number of carbonyl (C=O) groups is 1. The third-order valence-corrected chi connectivity index (χ3v) is 4.44. The van der Waals surface area contributed by atoms with Gasteiger partial charge in [0.25, 0.3) is 0 Å². The number of hydrogen-bond donors (Lipinski definition) is 0. The van der Waals surface area contributed by atoms with Crippen molar-refractivity contribution in [1.82, 2.24) is 4.90 Å². The van der Waals surface area contributed by atoms with Gasteiger partial charge in [0.05, 0.1) is 11.9 Å². The summed E-state index contributed by atoms with van der Waals surface area (Å²) in [4.78, 5) is 14.1. The Morgan fingerprint density at radius 1 is 1.53 bits per heavy atom. The molecule has 3 nitrogen and oxygen atoms in total. The second kappa shape index (κ2) is 6.89. The Bertz CT molecular complexity index is 363. The number of hydrogen-bond acceptors (Lipinski definition) is 2. The van der Waals surface area contributed by atoms with Gasteiger partial charge in [0.1, 0.15) is 0 Å². The number of amides is 1. The first-order chi connectivity index (χ1) is 8.82. The highest BCUT2D eigenvalue weighted by Gasteiger charge is 2.33. The lowest BCUT2D eigenvalue weighted by atomic mass is 9.71. The zero-order valence-corrected chi connectivity index (χ0v) is 14.3. The smallest absolute Gasteiger partial charge is 0.237 e. The van der Waals surface area contributed by atoms with E-state index in [1.807, 2.05) is 4.90 Å². The monoisotopic (exact) mass is 331 g/mol. The molecule has 19 heavy (non-hydrogen) atoms. The average molecular weight is 332 g/mol. The van der Waals surface area contributed by atoms with Gasteiger partial charge in [-0.25, -0.2) is 0 Å². The Hall–Kier alpha value is -0.350. The van der Waals surface area contributed by atoms with Gasteiger partial charge in [-0.2, -0.15) is 0 Å². The molecule has 0 bridgehead atoms. The van der Waals surface area contributed by atoms with Crippen LogP contribution in [0.4, 0.5) is 0 Å². The van der Waals surface area contributed by atoms with Gasteiger partial charge in [-0.1, -0.05) is 42.3 Å². The van der Waals surface area contributed by atoms with Gasteiger partial charge in [-0.15, -0.1) is 0 Å². The molecule has 0 N–H and O–H groups in total. The van der Waals surface area contributed by atoms with Crippen molar-refractivity contribution < 1.29 is 9.53 Å². The van der Waals surface area contributed by atoms with Crippen molar-refractivity contribution >= 4 is 21.8 Å². The van der Waals surface area contributed by atoms with E-state index in [2.05, 4.69) is 43.6 Å². The van der Waals surface area contributed by atoms with Crippen LogP contribution in [0.2, 0.25) is 0 Å². The van der Waals surface area contributed by atoms with E-state index in [-0.39, 0.29) is 11.3 Å². The van der Waals surface area contributed by atoms with Crippen LogP contribution in [0.1, 0.15) is 40.5 Å². The van der Waals surface area contributed by atoms with Crippen molar-refractivity contribution in [2.24, 2.45) is 11.3 Å². The lowest BCUT2D eigenvalue weighted by Gasteiger charge is -2.40. The maximum Gasteiger partial charge on any atom is 0.237 e. The molecule has 0 aromatic heterocycles. The highest BCUT2D eigenvalue weighted by atomic mass is 79.9. The van der Waals surface area contributed by atoms with Gasteiger partial charge < -0.3 is 9.64 Å². The van der Waals surface area contributed by atoms with E-state index in [1.54, 1.807) is 7.11 Å². The summed E-state index contributed by atoms with van der Waals surface area (Å²) in [5.74, 6) is 0.656. The predicted octanol–water partition coefficient (Wildman–Crippen LogP) is 3.59. The molecular formula is C15H26BrNO2. The molecule has 0 spiro atoms. The fraction of sp³-hybridized carbons (Fsp3) is 0.800. The summed E-state index contributed by atoms with van der Waals surface area (Å²) < 4.78 is 5.14. The SMILES string of the molecule is COCCN(C(=O)CBr)C1=C(C)C(C)CC(C)(C)C1. The quantitative estimate of drug-likeness (QED) is 0.720. The van der Waals surface area contributed by atoms with Gasteiger partial charge in [-0.05, 0) is 31.1 Å². The fourth-order valence-corrected chi connectivity index (χ4v) is 3.21. The summed E-state index contributed by atoms with van der Waals surface area (Å²) in [6.07, 6.45) is 2.15. The van der Waals surface area contributed by atoms with Gasteiger partial charge in [0.15, 0.2) is 0 Å². The number of allylic oxidation sites excluding steroid dienone is 2. The maximum atomic E-state index is 12.2. The third-order valence-electron chi connectivity index (χ3n) is 3.96. The minimum absolute atomic E-state index is 0.122. The number of methoxy groups -OCH3 is 1. The van der Waals surface area contributed by atoms with Crippen LogP contribution in [0.5, 0.6) is 0 Å². The van der Waals surface area contributed by atoms with Crippen molar-refractivity contribution in [3.8, 4) is 0 Å². The summed E-state index contributed by atoms with van der Waals surface area (Å²) in [6, 6.07) is 0. The topological polar surface area (TPSA) is 29.5 Å². The van der Waals surface area contributed by atoms with Crippen molar-refractivity contribution in [3.63, 3.8) is 0 Å². The lowest BCUT2D eigenvalue weighted by Crippen LogP contribution is -2.39. The Labute approximate surface area is 125 Å². The van der Waals surface area contributed by atoms with Crippen LogP contribution in [0.15, 0.2) is 11.3 Å². The Kier molecular flexibility index (Phi) is 6.06. The molecule has 1 amide bonds. The Balaban J connectivity index is 3.04. The molecule has 0 saturated carbocycles. The van der Waals surface area contributed by atoms with E-state index in [1.165, 1.54) is 17.7 Å². The predicted molar refractivity (Wildman–Crippen MR) is 82.3 cm³/mol. The number of ether oxygens (including phenoxy) is 1. The zero-order valence-electron chi connectivity index (χ0n) is 12.8. The molecule has 0 aromatic carbocycles. The number of rotatable bonds is 5. The number of carbonyl (C=O) groups excluding carboxylic acids is 1. The van der Waals surface area contributed by atoms with Crippen molar-refractivity contribution in [1.29, 1.82) is 0 Å². The summed E-state index contributed by atoms with van der Waals surface area (Å²) >= 11 is 3.28. The standard InChI is InChI=1S/C15H26BrNO2/c1-11-8-15(3,4)9-13(12(11)2)17(6-7-19-5)14(18)10-16/h11H,6-10H2,1-5H3. The number of halogens is 1. The van der Waals surface area contributed by atoms with Crippen molar-refractivity contribution in [2.75, 3.05) is 25.6 Å².